The number of aryl methyl sites for hydroxylation is 1. The molecule has 0 atom stereocenters. The molecule has 0 amide bonds. The Morgan fingerprint density at radius 2 is 2.00 bits per heavy atom. The highest BCUT2D eigenvalue weighted by Gasteiger charge is 2.00. The van der Waals surface area contributed by atoms with Crippen molar-refractivity contribution in [2.75, 3.05) is 5.32 Å². The number of hydrogen-bond acceptors (Lipinski definition) is 2. The maximum Gasteiger partial charge on any atom is 0.123 e. The van der Waals surface area contributed by atoms with Gasteiger partial charge in [0, 0.05) is 10.2 Å². The molecule has 2 rings (SSSR count). The number of benzene rings is 1. The van der Waals surface area contributed by atoms with E-state index in [0.717, 1.165) is 21.7 Å². The lowest BCUT2D eigenvalue weighted by molar-refractivity contribution is 0.490. The molecule has 0 aliphatic carbocycles. The molecular weight excluding hydrogens is 254 g/mol. The molecule has 0 saturated heterocycles. The second kappa shape index (κ2) is 4.53. The van der Waals surface area contributed by atoms with Crippen molar-refractivity contribution in [2.24, 2.45) is 0 Å². The minimum absolute atomic E-state index is 0.705. The van der Waals surface area contributed by atoms with Crippen molar-refractivity contribution in [3.8, 4) is 0 Å². The molecule has 0 fully saturated rings. The van der Waals surface area contributed by atoms with Crippen LogP contribution in [0.3, 0.4) is 0 Å². The third kappa shape index (κ3) is 2.63. The van der Waals surface area contributed by atoms with Crippen LogP contribution in [0.15, 0.2) is 45.3 Å². The lowest BCUT2D eigenvalue weighted by Crippen LogP contribution is -1.98. The van der Waals surface area contributed by atoms with Crippen molar-refractivity contribution in [3.63, 3.8) is 0 Å². The summed E-state index contributed by atoms with van der Waals surface area (Å²) in [6.45, 7) is 2.65. The minimum Gasteiger partial charge on any atom is -0.465 e. The summed E-state index contributed by atoms with van der Waals surface area (Å²) in [5.41, 5.74) is 1.08. The maximum absolute atomic E-state index is 5.47. The first-order chi connectivity index (χ1) is 7.25. The predicted molar refractivity (Wildman–Crippen MR) is 64.9 cm³/mol. The highest BCUT2D eigenvalue weighted by molar-refractivity contribution is 9.10. The molecule has 0 spiro atoms. The van der Waals surface area contributed by atoms with Gasteiger partial charge in [-0.3, -0.25) is 0 Å². The monoisotopic (exact) mass is 265 g/mol. The van der Waals surface area contributed by atoms with E-state index in [1.54, 1.807) is 0 Å². The second-order valence-corrected chi connectivity index (χ2v) is 4.20. The van der Waals surface area contributed by atoms with Crippen LogP contribution in [0.5, 0.6) is 0 Å². The quantitative estimate of drug-likeness (QED) is 0.909. The molecule has 0 unspecified atom stereocenters. The van der Waals surface area contributed by atoms with E-state index in [1.165, 1.54) is 0 Å². The number of hydrogen-bond donors (Lipinski definition) is 1. The molecule has 0 aliphatic rings. The van der Waals surface area contributed by atoms with Gasteiger partial charge in [-0.2, -0.15) is 0 Å². The molecular formula is C12H12BrNO. The SMILES string of the molecule is Cc1ccc(CNc2ccccc2Br)o1. The normalized spacial score (nSPS) is 10.3. The molecule has 2 nitrogen and oxygen atoms in total. The van der Waals surface area contributed by atoms with Crippen LogP contribution in [0, 0.1) is 6.92 Å². The van der Waals surface area contributed by atoms with Crippen LogP contribution in [-0.2, 0) is 6.54 Å². The average Bonchev–Trinajstić information content (AvgIpc) is 2.63. The van der Waals surface area contributed by atoms with E-state index in [9.17, 15) is 0 Å². The molecule has 0 radical (unpaired) electrons. The fraction of sp³-hybridized carbons (Fsp3) is 0.167. The molecule has 0 saturated carbocycles. The van der Waals surface area contributed by atoms with Gasteiger partial charge in [-0.15, -0.1) is 0 Å². The predicted octanol–water partition coefficient (Wildman–Crippen LogP) is 3.96. The van der Waals surface area contributed by atoms with Gasteiger partial charge in [0.25, 0.3) is 0 Å². The first kappa shape index (κ1) is 10.3. The first-order valence-corrected chi connectivity index (χ1v) is 5.59. The van der Waals surface area contributed by atoms with E-state index in [-0.39, 0.29) is 0 Å². The summed E-state index contributed by atoms with van der Waals surface area (Å²) in [4.78, 5) is 0. The molecule has 1 aromatic heterocycles. The Labute approximate surface area is 97.4 Å². The Balaban J connectivity index is 2.02. The fourth-order valence-corrected chi connectivity index (χ4v) is 1.79. The summed E-state index contributed by atoms with van der Waals surface area (Å²) in [5, 5.41) is 3.30. The summed E-state index contributed by atoms with van der Waals surface area (Å²) >= 11 is 3.48. The van der Waals surface area contributed by atoms with Gasteiger partial charge in [0.05, 0.1) is 6.54 Å². The highest BCUT2D eigenvalue weighted by atomic mass is 79.9. The number of para-hydroxylation sites is 1. The summed E-state index contributed by atoms with van der Waals surface area (Å²) in [6, 6.07) is 12.0. The van der Waals surface area contributed by atoms with Crippen molar-refractivity contribution in [3.05, 3.63) is 52.4 Å². The number of halogens is 1. The molecule has 0 aliphatic heterocycles. The summed E-state index contributed by atoms with van der Waals surface area (Å²) in [7, 11) is 0. The van der Waals surface area contributed by atoms with Crippen molar-refractivity contribution in [2.45, 2.75) is 13.5 Å². The van der Waals surface area contributed by atoms with Crippen LogP contribution >= 0.6 is 15.9 Å². The van der Waals surface area contributed by atoms with Gasteiger partial charge in [0.1, 0.15) is 11.5 Å². The summed E-state index contributed by atoms with van der Waals surface area (Å²) in [5.74, 6) is 1.89. The lowest BCUT2D eigenvalue weighted by atomic mass is 10.3. The number of nitrogens with one attached hydrogen (secondary N) is 1. The maximum atomic E-state index is 5.47. The van der Waals surface area contributed by atoms with Crippen LogP contribution < -0.4 is 5.32 Å². The molecule has 78 valence electrons. The average molecular weight is 266 g/mol. The number of rotatable bonds is 3. The largest absolute Gasteiger partial charge is 0.465 e. The van der Waals surface area contributed by atoms with Gasteiger partial charge in [0.2, 0.25) is 0 Å². The zero-order chi connectivity index (χ0) is 10.7. The van der Waals surface area contributed by atoms with Crippen molar-refractivity contribution in [1.29, 1.82) is 0 Å². The van der Waals surface area contributed by atoms with E-state index >= 15 is 0 Å². The van der Waals surface area contributed by atoms with Crippen LogP contribution in [0.4, 0.5) is 5.69 Å². The molecule has 1 heterocycles. The summed E-state index contributed by atoms with van der Waals surface area (Å²) < 4.78 is 6.53. The van der Waals surface area contributed by atoms with Gasteiger partial charge >= 0.3 is 0 Å². The van der Waals surface area contributed by atoms with E-state index in [4.69, 9.17) is 4.42 Å². The minimum atomic E-state index is 0.705. The van der Waals surface area contributed by atoms with Crippen LogP contribution in [0.2, 0.25) is 0 Å². The Hall–Kier alpha value is -1.22. The first-order valence-electron chi connectivity index (χ1n) is 4.79. The molecule has 0 bridgehead atoms. The Kier molecular flexibility index (Phi) is 3.11. The molecule has 1 N–H and O–H groups in total. The van der Waals surface area contributed by atoms with E-state index in [0.29, 0.717) is 6.54 Å². The zero-order valence-corrected chi connectivity index (χ0v) is 10.0. The van der Waals surface area contributed by atoms with E-state index in [2.05, 4.69) is 21.2 Å². The molecule has 15 heavy (non-hydrogen) atoms. The van der Waals surface area contributed by atoms with E-state index < -0.39 is 0 Å². The Bertz CT molecular complexity index is 450. The standard InChI is InChI=1S/C12H12BrNO/c1-9-6-7-10(15-9)8-14-12-5-3-2-4-11(12)13/h2-7,14H,8H2,1H3. The van der Waals surface area contributed by atoms with Gasteiger partial charge in [0.15, 0.2) is 0 Å². The topological polar surface area (TPSA) is 25.2 Å². The van der Waals surface area contributed by atoms with Crippen LogP contribution in [0.1, 0.15) is 11.5 Å². The van der Waals surface area contributed by atoms with E-state index in [1.807, 2.05) is 43.3 Å². The second-order valence-electron chi connectivity index (χ2n) is 3.35. The van der Waals surface area contributed by atoms with Crippen molar-refractivity contribution >= 4 is 21.6 Å². The Morgan fingerprint density at radius 1 is 1.20 bits per heavy atom. The number of anilines is 1. The highest BCUT2D eigenvalue weighted by Crippen LogP contribution is 2.22. The lowest BCUT2D eigenvalue weighted by Gasteiger charge is -2.05. The van der Waals surface area contributed by atoms with Gasteiger partial charge in [-0.25, -0.2) is 0 Å². The third-order valence-electron chi connectivity index (χ3n) is 2.12. The van der Waals surface area contributed by atoms with Crippen LogP contribution in [0.25, 0.3) is 0 Å². The smallest absolute Gasteiger partial charge is 0.123 e. The molecule has 3 heteroatoms. The van der Waals surface area contributed by atoms with Crippen LogP contribution in [-0.4, -0.2) is 0 Å². The third-order valence-corrected chi connectivity index (χ3v) is 2.81. The fourth-order valence-electron chi connectivity index (χ4n) is 1.37. The van der Waals surface area contributed by atoms with Gasteiger partial charge < -0.3 is 9.73 Å². The van der Waals surface area contributed by atoms with Crippen molar-refractivity contribution in [1.82, 2.24) is 0 Å². The van der Waals surface area contributed by atoms with Gasteiger partial charge in [-0.05, 0) is 47.1 Å². The van der Waals surface area contributed by atoms with Gasteiger partial charge in [-0.1, -0.05) is 12.1 Å². The molecule has 2 aromatic rings. The Morgan fingerprint density at radius 3 is 2.67 bits per heavy atom. The van der Waals surface area contributed by atoms with Crippen molar-refractivity contribution < 1.29 is 4.42 Å². The zero-order valence-electron chi connectivity index (χ0n) is 8.46. The molecule has 1 aromatic carbocycles. The number of furan rings is 1. The summed E-state index contributed by atoms with van der Waals surface area (Å²) in [6.07, 6.45) is 0.